The van der Waals surface area contributed by atoms with E-state index in [-0.39, 0.29) is 6.42 Å². The average Bonchev–Trinajstić information content (AvgIpc) is 2.03. The summed E-state index contributed by atoms with van der Waals surface area (Å²) in [4.78, 5) is 14.0. The smallest absolute Gasteiger partial charge is 0.315 e. The zero-order valence-electron chi connectivity index (χ0n) is 6.62. The highest BCUT2D eigenvalue weighted by Gasteiger charge is 1.91. The lowest BCUT2D eigenvalue weighted by Gasteiger charge is -1.89. The molecule has 1 rings (SSSR count). The van der Waals surface area contributed by atoms with Crippen molar-refractivity contribution in [2.75, 3.05) is 0 Å². The molecule has 1 aromatic heterocycles. The molecule has 1 heterocycles. The van der Waals surface area contributed by atoms with E-state index in [1.165, 1.54) is 0 Å². The van der Waals surface area contributed by atoms with Crippen LogP contribution in [-0.2, 0) is 4.79 Å². The van der Waals surface area contributed by atoms with Gasteiger partial charge in [0.15, 0.2) is 0 Å². The molecule has 0 bridgehead atoms. The minimum absolute atomic E-state index is 0.186. The lowest BCUT2D eigenvalue weighted by molar-refractivity contribution is -0.135. The van der Waals surface area contributed by atoms with Crippen LogP contribution >= 0.6 is 11.6 Å². The Hall–Kier alpha value is -1.53. The summed E-state index contributed by atoms with van der Waals surface area (Å²) in [5.41, 5.74) is 0.480. The SMILES string of the molecule is O=C(O)CC#Cc1cccc(Cl)n1. The van der Waals surface area contributed by atoms with Crippen LogP contribution in [0.5, 0.6) is 0 Å². The molecule has 0 amide bonds. The fourth-order valence-corrected chi connectivity index (χ4v) is 0.852. The molecule has 0 fully saturated rings. The number of carboxylic acids is 1. The standard InChI is InChI=1S/C9H6ClNO2/c10-8-5-1-3-7(11-8)4-2-6-9(12)13/h1,3,5H,6H2,(H,12,13). The number of pyridine rings is 1. The molecule has 0 aliphatic heterocycles. The van der Waals surface area contributed by atoms with Crippen molar-refractivity contribution in [2.45, 2.75) is 6.42 Å². The predicted octanol–water partition coefficient (Wildman–Crippen LogP) is 1.56. The monoisotopic (exact) mass is 195 g/mol. The van der Waals surface area contributed by atoms with Crippen molar-refractivity contribution in [2.24, 2.45) is 0 Å². The van der Waals surface area contributed by atoms with E-state index < -0.39 is 5.97 Å². The molecule has 66 valence electrons. The molecule has 4 heteroatoms. The van der Waals surface area contributed by atoms with Gasteiger partial charge in [-0.05, 0) is 18.1 Å². The van der Waals surface area contributed by atoms with Gasteiger partial charge in [0.05, 0.1) is 0 Å². The number of carbonyl (C=O) groups is 1. The van der Waals surface area contributed by atoms with Gasteiger partial charge in [-0.3, -0.25) is 4.79 Å². The highest BCUT2D eigenvalue weighted by molar-refractivity contribution is 6.29. The molecule has 0 unspecified atom stereocenters. The molecule has 0 atom stereocenters. The maximum absolute atomic E-state index is 10.1. The molecular weight excluding hydrogens is 190 g/mol. The lowest BCUT2D eigenvalue weighted by Crippen LogP contribution is -1.90. The van der Waals surface area contributed by atoms with Gasteiger partial charge in [0.2, 0.25) is 0 Å². The Bertz CT molecular complexity index is 379. The number of carboxylic acid groups (broad SMARTS) is 1. The summed E-state index contributed by atoms with van der Waals surface area (Å²) >= 11 is 5.59. The number of hydrogen-bond donors (Lipinski definition) is 1. The zero-order valence-corrected chi connectivity index (χ0v) is 7.38. The third kappa shape index (κ3) is 3.59. The maximum atomic E-state index is 10.1. The lowest BCUT2D eigenvalue weighted by atomic mass is 10.3. The molecule has 0 aromatic carbocycles. The van der Waals surface area contributed by atoms with Crippen LogP contribution in [0.2, 0.25) is 5.15 Å². The minimum atomic E-state index is -0.950. The Morgan fingerprint density at radius 1 is 1.62 bits per heavy atom. The van der Waals surface area contributed by atoms with E-state index in [0.717, 1.165) is 0 Å². The summed E-state index contributed by atoms with van der Waals surface area (Å²) < 4.78 is 0. The first kappa shape index (κ1) is 9.56. The van der Waals surface area contributed by atoms with Gasteiger partial charge in [-0.2, -0.15) is 0 Å². The van der Waals surface area contributed by atoms with Crippen molar-refractivity contribution in [3.05, 3.63) is 29.0 Å². The van der Waals surface area contributed by atoms with Crippen LogP contribution in [0.4, 0.5) is 0 Å². The minimum Gasteiger partial charge on any atom is -0.481 e. The van der Waals surface area contributed by atoms with Gasteiger partial charge in [0.1, 0.15) is 17.3 Å². The van der Waals surface area contributed by atoms with Crippen LogP contribution in [0.1, 0.15) is 12.1 Å². The van der Waals surface area contributed by atoms with Crippen molar-refractivity contribution < 1.29 is 9.90 Å². The normalized spacial score (nSPS) is 8.69. The Balaban J connectivity index is 2.72. The van der Waals surface area contributed by atoms with Crippen molar-refractivity contribution in [3.8, 4) is 11.8 Å². The van der Waals surface area contributed by atoms with E-state index in [9.17, 15) is 4.79 Å². The van der Waals surface area contributed by atoms with E-state index in [1.807, 2.05) is 0 Å². The van der Waals surface area contributed by atoms with Crippen molar-refractivity contribution >= 4 is 17.6 Å². The second-order valence-electron chi connectivity index (χ2n) is 2.22. The Labute approximate surface area is 80.4 Å². The molecule has 0 saturated carbocycles. The molecule has 13 heavy (non-hydrogen) atoms. The van der Waals surface area contributed by atoms with Crippen LogP contribution in [0.3, 0.4) is 0 Å². The first-order chi connectivity index (χ1) is 6.18. The second-order valence-corrected chi connectivity index (χ2v) is 2.61. The highest BCUT2D eigenvalue weighted by atomic mass is 35.5. The van der Waals surface area contributed by atoms with Gasteiger partial charge < -0.3 is 5.11 Å². The molecular formula is C9H6ClNO2. The molecule has 1 aromatic rings. The average molecular weight is 196 g/mol. The number of hydrogen-bond acceptors (Lipinski definition) is 2. The van der Waals surface area contributed by atoms with E-state index in [2.05, 4.69) is 16.8 Å². The number of halogens is 1. The first-order valence-electron chi connectivity index (χ1n) is 3.52. The Kier molecular flexibility index (Phi) is 3.30. The van der Waals surface area contributed by atoms with Gasteiger partial charge in [-0.1, -0.05) is 23.6 Å². The summed E-state index contributed by atoms with van der Waals surface area (Å²) in [6, 6.07) is 5.00. The van der Waals surface area contributed by atoms with Gasteiger partial charge in [0, 0.05) is 0 Å². The van der Waals surface area contributed by atoms with Crippen LogP contribution in [0.15, 0.2) is 18.2 Å². The zero-order chi connectivity index (χ0) is 9.68. The van der Waals surface area contributed by atoms with Crippen molar-refractivity contribution in [1.29, 1.82) is 0 Å². The molecule has 0 saturated heterocycles. The summed E-state index contributed by atoms with van der Waals surface area (Å²) in [6.45, 7) is 0. The topological polar surface area (TPSA) is 50.2 Å². The maximum Gasteiger partial charge on any atom is 0.315 e. The van der Waals surface area contributed by atoms with Crippen molar-refractivity contribution in [3.63, 3.8) is 0 Å². The van der Waals surface area contributed by atoms with Crippen molar-refractivity contribution in [1.82, 2.24) is 4.98 Å². The quantitative estimate of drug-likeness (QED) is 0.547. The molecule has 0 aliphatic carbocycles. The first-order valence-corrected chi connectivity index (χ1v) is 3.89. The fourth-order valence-electron chi connectivity index (χ4n) is 0.688. The third-order valence-corrected chi connectivity index (χ3v) is 1.38. The number of aromatic nitrogens is 1. The fraction of sp³-hybridized carbons (Fsp3) is 0.111. The third-order valence-electron chi connectivity index (χ3n) is 1.17. The summed E-state index contributed by atoms with van der Waals surface area (Å²) in [6.07, 6.45) is -0.186. The number of aliphatic carboxylic acids is 1. The molecule has 0 radical (unpaired) electrons. The van der Waals surface area contributed by atoms with Crippen LogP contribution in [0, 0.1) is 11.8 Å². The van der Waals surface area contributed by atoms with Crippen LogP contribution < -0.4 is 0 Å². The van der Waals surface area contributed by atoms with E-state index in [1.54, 1.807) is 18.2 Å². The highest BCUT2D eigenvalue weighted by Crippen LogP contribution is 2.03. The summed E-state index contributed by atoms with van der Waals surface area (Å²) in [5, 5.41) is 8.65. The second kappa shape index (κ2) is 4.48. The summed E-state index contributed by atoms with van der Waals surface area (Å²) in [7, 11) is 0. The molecule has 0 spiro atoms. The number of nitrogens with zero attached hydrogens (tertiary/aromatic N) is 1. The largest absolute Gasteiger partial charge is 0.481 e. The van der Waals surface area contributed by atoms with Gasteiger partial charge in [0.25, 0.3) is 0 Å². The molecule has 3 nitrogen and oxygen atoms in total. The Morgan fingerprint density at radius 3 is 3.00 bits per heavy atom. The number of rotatable bonds is 1. The molecule has 1 N–H and O–H groups in total. The predicted molar refractivity (Wildman–Crippen MR) is 48.4 cm³/mol. The summed E-state index contributed by atoms with van der Waals surface area (Å²) in [5.74, 6) is 4.10. The van der Waals surface area contributed by atoms with Crippen LogP contribution in [0.25, 0.3) is 0 Å². The Morgan fingerprint density at radius 2 is 2.38 bits per heavy atom. The van der Waals surface area contributed by atoms with E-state index >= 15 is 0 Å². The van der Waals surface area contributed by atoms with E-state index in [4.69, 9.17) is 16.7 Å². The van der Waals surface area contributed by atoms with Gasteiger partial charge in [-0.15, -0.1) is 0 Å². The van der Waals surface area contributed by atoms with Gasteiger partial charge in [-0.25, -0.2) is 4.98 Å². The van der Waals surface area contributed by atoms with Crippen LogP contribution in [-0.4, -0.2) is 16.1 Å². The van der Waals surface area contributed by atoms with E-state index in [0.29, 0.717) is 10.8 Å². The van der Waals surface area contributed by atoms with Gasteiger partial charge >= 0.3 is 5.97 Å². The molecule has 0 aliphatic rings.